The lowest BCUT2D eigenvalue weighted by Crippen LogP contribution is -2.44. The Hall–Kier alpha value is -2.04. The van der Waals surface area contributed by atoms with Crippen molar-refractivity contribution in [2.45, 2.75) is 33.6 Å². The van der Waals surface area contributed by atoms with E-state index in [1.807, 2.05) is 32.9 Å². The van der Waals surface area contributed by atoms with E-state index in [9.17, 15) is 9.59 Å². The Labute approximate surface area is 125 Å². The number of amides is 2. The van der Waals surface area contributed by atoms with Crippen LogP contribution in [0.3, 0.4) is 0 Å². The van der Waals surface area contributed by atoms with Crippen LogP contribution in [0.4, 0.5) is 10.5 Å². The normalized spacial score (nSPS) is 18.4. The van der Waals surface area contributed by atoms with Gasteiger partial charge in [-0.2, -0.15) is 0 Å². The highest BCUT2D eigenvalue weighted by molar-refractivity contribution is 5.91. The van der Waals surface area contributed by atoms with Gasteiger partial charge in [0.1, 0.15) is 0 Å². The number of carboxylic acids is 1. The molecule has 5 nitrogen and oxygen atoms in total. The number of hydrogen-bond donors (Lipinski definition) is 2. The maximum absolute atomic E-state index is 12.3. The molecule has 1 atom stereocenters. The summed E-state index contributed by atoms with van der Waals surface area (Å²) in [6.45, 7) is 6.84. The molecular weight excluding hydrogens is 268 g/mol. The molecule has 0 spiro atoms. The standard InChI is InChI=1S/C16H22N2O3/c1-10-7-11(2)14(12(3)8-10)17-16(21)18-6-4-5-13(9-18)15(19)20/h7-8,13H,4-6,9H2,1-3H3,(H,17,21)(H,19,20). The van der Waals surface area contributed by atoms with Crippen molar-refractivity contribution in [1.82, 2.24) is 4.90 Å². The van der Waals surface area contributed by atoms with Crippen LogP contribution in [0.15, 0.2) is 12.1 Å². The summed E-state index contributed by atoms with van der Waals surface area (Å²) < 4.78 is 0. The molecule has 1 saturated heterocycles. The van der Waals surface area contributed by atoms with Crippen LogP contribution in [0.5, 0.6) is 0 Å². The van der Waals surface area contributed by atoms with Gasteiger partial charge in [0.05, 0.1) is 5.92 Å². The van der Waals surface area contributed by atoms with E-state index in [0.29, 0.717) is 13.0 Å². The van der Waals surface area contributed by atoms with Crippen molar-refractivity contribution in [1.29, 1.82) is 0 Å². The van der Waals surface area contributed by atoms with Crippen LogP contribution >= 0.6 is 0 Å². The quantitative estimate of drug-likeness (QED) is 0.879. The van der Waals surface area contributed by atoms with Crippen LogP contribution in [-0.4, -0.2) is 35.1 Å². The second kappa shape index (κ2) is 6.16. The molecule has 1 aliphatic rings. The molecule has 1 aliphatic heterocycles. The van der Waals surface area contributed by atoms with Crippen molar-refractivity contribution >= 4 is 17.7 Å². The van der Waals surface area contributed by atoms with Gasteiger partial charge in [-0.3, -0.25) is 4.79 Å². The number of aryl methyl sites for hydroxylation is 3. The van der Waals surface area contributed by atoms with Gasteiger partial charge in [0.25, 0.3) is 0 Å². The van der Waals surface area contributed by atoms with E-state index < -0.39 is 11.9 Å². The van der Waals surface area contributed by atoms with Gasteiger partial charge in [-0.05, 0) is 44.7 Å². The number of nitrogens with one attached hydrogen (secondary N) is 1. The molecule has 0 bridgehead atoms. The molecule has 0 saturated carbocycles. The first kappa shape index (κ1) is 15.4. The lowest BCUT2D eigenvalue weighted by Gasteiger charge is -2.31. The number of nitrogens with zero attached hydrogens (tertiary/aromatic N) is 1. The maximum Gasteiger partial charge on any atom is 0.321 e. The first-order valence-electron chi connectivity index (χ1n) is 7.25. The van der Waals surface area contributed by atoms with Crippen molar-refractivity contribution in [2.24, 2.45) is 5.92 Å². The molecular formula is C16H22N2O3. The fourth-order valence-electron chi connectivity index (χ4n) is 2.93. The lowest BCUT2D eigenvalue weighted by atomic mass is 9.98. The molecule has 0 aliphatic carbocycles. The Balaban J connectivity index is 2.10. The third-order valence-corrected chi connectivity index (χ3v) is 3.97. The van der Waals surface area contributed by atoms with Gasteiger partial charge in [-0.25, -0.2) is 4.79 Å². The average Bonchev–Trinajstić information content (AvgIpc) is 2.42. The summed E-state index contributed by atoms with van der Waals surface area (Å²) >= 11 is 0. The number of hydrogen-bond acceptors (Lipinski definition) is 2. The number of rotatable bonds is 2. The van der Waals surface area contributed by atoms with Gasteiger partial charge in [-0.15, -0.1) is 0 Å². The summed E-state index contributed by atoms with van der Waals surface area (Å²) in [5.74, 6) is -1.28. The molecule has 21 heavy (non-hydrogen) atoms. The molecule has 1 fully saturated rings. The number of benzene rings is 1. The molecule has 1 aromatic carbocycles. The highest BCUT2D eigenvalue weighted by atomic mass is 16.4. The van der Waals surface area contributed by atoms with Gasteiger partial charge in [-0.1, -0.05) is 17.7 Å². The Bertz CT molecular complexity index is 546. The molecule has 1 aromatic rings. The van der Waals surface area contributed by atoms with Gasteiger partial charge in [0.15, 0.2) is 0 Å². The number of aliphatic carboxylic acids is 1. The lowest BCUT2D eigenvalue weighted by molar-refractivity contribution is -0.143. The van der Waals surface area contributed by atoms with E-state index >= 15 is 0 Å². The van der Waals surface area contributed by atoms with Crippen molar-refractivity contribution in [3.05, 3.63) is 28.8 Å². The van der Waals surface area contributed by atoms with Gasteiger partial charge in [0.2, 0.25) is 0 Å². The fourth-order valence-corrected chi connectivity index (χ4v) is 2.93. The summed E-state index contributed by atoms with van der Waals surface area (Å²) in [4.78, 5) is 25.0. The smallest absolute Gasteiger partial charge is 0.321 e. The topological polar surface area (TPSA) is 69.6 Å². The van der Waals surface area contributed by atoms with E-state index in [1.54, 1.807) is 4.90 Å². The summed E-state index contributed by atoms with van der Waals surface area (Å²) in [6, 6.07) is 3.84. The second-order valence-electron chi connectivity index (χ2n) is 5.83. The Kier molecular flexibility index (Phi) is 4.50. The average molecular weight is 290 g/mol. The minimum Gasteiger partial charge on any atom is -0.481 e. The summed E-state index contributed by atoms with van der Waals surface area (Å²) in [5, 5.41) is 12.0. The number of carbonyl (C=O) groups excluding carboxylic acids is 1. The van der Waals surface area contributed by atoms with Crippen molar-refractivity contribution in [3.63, 3.8) is 0 Å². The number of carbonyl (C=O) groups is 2. The van der Waals surface area contributed by atoms with E-state index in [1.165, 1.54) is 0 Å². The fraction of sp³-hybridized carbons (Fsp3) is 0.500. The molecule has 0 aromatic heterocycles. The van der Waals surface area contributed by atoms with E-state index in [-0.39, 0.29) is 12.6 Å². The Morgan fingerprint density at radius 1 is 1.24 bits per heavy atom. The van der Waals surface area contributed by atoms with Crippen LogP contribution in [-0.2, 0) is 4.79 Å². The SMILES string of the molecule is Cc1cc(C)c(NC(=O)N2CCCC(C(=O)O)C2)c(C)c1. The highest BCUT2D eigenvalue weighted by Gasteiger charge is 2.28. The van der Waals surface area contributed by atoms with Crippen LogP contribution < -0.4 is 5.32 Å². The minimum absolute atomic E-state index is 0.212. The molecule has 2 rings (SSSR count). The van der Waals surface area contributed by atoms with Gasteiger partial charge >= 0.3 is 12.0 Å². The summed E-state index contributed by atoms with van der Waals surface area (Å²) in [6.07, 6.45) is 1.37. The zero-order valence-electron chi connectivity index (χ0n) is 12.8. The number of likely N-dealkylation sites (tertiary alicyclic amines) is 1. The number of anilines is 1. The van der Waals surface area contributed by atoms with Gasteiger partial charge < -0.3 is 15.3 Å². The molecule has 1 unspecified atom stereocenters. The van der Waals surface area contributed by atoms with Crippen molar-refractivity contribution in [3.8, 4) is 0 Å². The minimum atomic E-state index is -0.824. The molecule has 2 amide bonds. The predicted molar refractivity (Wildman–Crippen MR) is 81.6 cm³/mol. The zero-order chi connectivity index (χ0) is 15.6. The summed E-state index contributed by atoms with van der Waals surface area (Å²) in [7, 11) is 0. The molecule has 2 N–H and O–H groups in total. The van der Waals surface area contributed by atoms with Crippen LogP contribution in [0.25, 0.3) is 0 Å². The zero-order valence-corrected chi connectivity index (χ0v) is 12.8. The molecule has 114 valence electrons. The molecule has 5 heteroatoms. The van der Waals surface area contributed by atoms with Gasteiger partial charge in [0, 0.05) is 18.8 Å². The molecule has 1 heterocycles. The largest absolute Gasteiger partial charge is 0.481 e. The van der Waals surface area contributed by atoms with Crippen molar-refractivity contribution in [2.75, 3.05) is 18.4 Å². The van der Waals surface area contributed by atoms with E-state index in [4.69, 9.17) is 5.11 Å². The van der Waals surface area contributed by atoms with E-state index in [2.05, 4.69) is 5.32 Å². The maximum atomic E-state index is 12.3. The first-order valence-corrected chi connectivity index (χ1v) is 7.25. The second-order valence-corrected chi connectivity index (χ2v) is 5.83. The monoisotopic (exact) mass is 290 g/mol. The predicted octanol–water partition coefficient (Wildman–Crippen LogP) is 2.94. The van der Waals surface area contributed by atoms with Crippen LogP contribution in [0.2, 0.25) is 0 Å². The Morgan fingerprint density at radius 3 is 2.43 bits per heavy atom. The van der Waals surface area contributed by atoms with Crippen molar-refractivity contribution < 1.29 is 14.7 Å². The van der Waals surface area contributed by atoms with Crippen LogP contribution in [0, 0.1) is 26.7 Å². The number of piperidine rings is 1. The van der Waals surface area contributed by atoms with E-state index in [0.717, 1.165) is 28.8 Å². The molecule has 0 radical (unpaired) electrons. The first-order chi connectivity index (χ1) is 9.88. The number of carboxylic acid groups (broad SMARTS) is 1. The Morgan fingerprint density at radius 2 is 1.86 bits per heavy atom. The summed E-state index contributed by atoms with van der Waals surface area (Å²) in [5.41, 5.74) is 4.02. The third kappa shape index (κ3) is 3.54. The number of urea groups is 1. The van der Waals surface area contributed by atoms with Crippen LogP contribution in [0.1, 0.15) is 29.5 Å². The highest BCUT2D eigenvalue weighted by Crippen LogP contribution is 2.23. The third-order valence-electron chi connectivity index (χ3n) is 3.97.